The lowest BCUT2D eigenvalue weighted by atomic mass is 10.1. The molecule has 2 N–H and O–H groups in total. The second-order valence-corrected chi connectivity index (χ2v) is 9.78. The molecule has 1 amide bonds. The summed E-state index contributed by atoms with van der Waals surface area (Å²) >= 11 is 6.11. The van der Waals surface area contributed by atoms with Crippen LogP contribution in [0.1, 0.15) is 10.4 Å². The quantitative estimate of drug-likeness (QED) is 0.313. The van der Waals surface area contributed by atoms with Crippen LogP contribution in [-0.4, -0.2) is 62.3 Å². The smallest absolute Gasteiger partial charge is 0.394 e. The maximum atomic E-state index is 13.5. The number of ether oxygens (including phenoxy) is 1. The maximum absolute atomic E-state index is 13.5. The Morgan fingerprint density at radius 3 is 2.76 bits per heavy atom. The summed E-state index contributed by atoms with van der Waals surface area (Å²) < 4.78 is 79.6. The lowest BCUT2D eigenvalue weighted by Gasteiger charge is -2.18. The molecule has 0 unspecified atom stereocenters. The van der Waals surface area contributed by atoms with Crippen molar-refractivity contribution in [3.05, 3.63) is 59.6 Å². The van der Waals surface area contributed by atoms with Gasteiger partial charge in [0.05, 0.1) is 37.2 Å². The molecule has 0 aliphatic rings. The van der Waals surface area contributed by atoms with E-state index < -0.39 is 40.4 Å². The van der Waals surface area contributed by atoms with Crippen molar-refractivity contribution < 1.29 is 35.7 Å². The normalized spacial score (nSPS) is 13.0. The Hall–Kier alpha value is -3.69. The van der Waals surface area contributed by atoms with Gasteiger partial charge in [0.2, 0.25) is 0 Å². The van der Waals surface area contributed by atoms with Gasteiger partial charge in [-0.25, -0.2) is 9.50 Å². The van der Waals surface area contributed by atoms with E-state index in [1.54, 1.807) is 12.3 Å². The number of carbonyl (C=O) groups excluding carboxylic acids is 1. The van der Waals surface area contributed by atoms with Crippen LogP contribution in [0.15, 0.2) is 49.1 Å². The van der Waals surface area contributed by atoms with E-state index in [4.69, 9.17) is 20.9 Å². The third kappa shape index (κ3) is 6.00. The largest absolute Gasteiger partial charge is 0.496 e. The third-order valence-corrected chi connectivity index (χ3v) is 6.29. The highest BCUT2D eigenvalue weighted by molar-refractivity contribution is 7.85. The number of rotatable bonds is 8. The van der Waals surface area contributed by atoms with Gasteiger partial charge in [0, 0.05) is 29.2 Å². The van der Waals surface area contributed by atoms with Crippen LogP contribution in [-0.2, 0) is 16.7 Å². The van der Waals surface area contributed by atoms with E-state index in [9.17, 15) is 26.4 Å². The Balaban J connectivity index is 1.77. The van der Waals surface area contributed by atoms with Gasteiger partial charge in [0.25, 0.3) is 16.0 Å². The van der Waals surface area contributed by atoms with Crippen LogP contribution < -0.4 is 10.1 Å². The van der Waals surface area contributed by atoms with Gasteiger partial charge in [-0.05, 0) is 24.3 Å². The van der Waals surface area contributed by atoms with Crippen LogP contribution in [0.2, 0.25) is 5.02 Å². The van der Waals surface area contributed by atoms with Crippen molar-refractivity contribution in [3.63, 3.8) is 0 Å². The number of benzene rings is 1. The third-order valence-electron chi connectivity index (χ3n) is 5.23. The van der Waals surface area contributed by atoms with E-state index in [1.165, 1.54) is 42.2 Å². The molecule has 4 aromatic rings. The summed E-state index contributed by atoms with van der Waals surface area (Å²) in [6.45, 7) is -0.965. The van der Waals surface area contributed by atoms with Crippen molar-refractivity contribution in [1.29, 1.82) is 0 Å². The lowest BCUT2D eigenvalue weighted by molar-refractivity contribution is -0.172. The molecule has 0 spiro atoms. The van der Waals surface area contributed by atoms with Crippen LogP contribution >= 0.6 is 11.6 Å². The van der Waals surface area contributed by atoms with E-state index in [0.717, 1.165) is 10.9 Å². The Bertz CT molecular complexity index is 1570. The van der Waals surface area contributed by atoms with Crippen molar-refractivity contribution in [2.45, 2.75) is 12.7 Å². The number of fused-ring (bicyclic) bond motifs is 1. The van der Waals surface area contributed by atoms with Crippen molar-refractivity contribution in [2.75, 3.05) is 18.2 Å². The van der Waals surface area contributed by atoms with Gasteiger partial charge in [-0.2, -0.15) is 31.8 Å². The molecule has 11 nitrogen and oxygen atoms in total. The molecule has 0 aliphatic carbocycles. The van der Waals surface area contributed by atoms with E-state index in [2.05, 4.69) is 20.5 Å². The van der Waals surface area contributed by atoms with E-state index in [0.29, 0.717) is 0 Å². The molecule has 0 saturated heterocycles. The average molecular weight is 559 g/mol. The van der Waals surface area contributed by atoms with Crippen molar-refractivity contribution in [2.24, 2.45) is 5.92 Å². The fourth-order valence-electron chi connectivity index (χ4n) is 3.58. The highest BCUT2D eigenvalue weighted by atomic mass is 35.5. The average Bonchev–Trinajstić information content (AvgIpc) is 3.41. The number of nitrogens with zero attached hydrogens (tertiary/aromatic N) is 5. The molecule has 0 fully saturated rings. The summed E-state index contributed by atoms with van der Waals surface area (Å²) in [7, 11) is -3.59. The fraction of sp³-hybridized carbons (Fsp3) is 0.238. The highest BCUT2D eigenvalue weighted by Gasteiger charge is 2.42. The molecule has 3 heterocycles. The Morgan fingerprint density at radius 2 is 2.08 bits per heavy atom. The summed E-state index contributed by atoms with van der Waals surface area (Å²) in [6.07, 6.45) is 0.442. The zero-order valence-electron chi connectivity index (χ0n) is 18.8. The molecule has 0 saturated carbocycles. The molecule has 1 aromatic carbocycles. The minimum absolute atomic E-state index is 0.00455. The van der Waals surface area contributed by atoms with Gasteiger partial charge in [0.1, 0.15) is 17.0 Å². The minimum Gasteiger partial charge on any atom is -0.496 e. The monoisotopic (exact) mass is 558 g/mol. The first kappa shape index (κ1) is 26.4. The Morgan fingerprint density at radius 1 is 1.32 bits per heavy atom. The van der Waals surface area contributed by atoms with Gasteiger partial charge in [0.15, 0.2) is 5.65 Å². The summed E-state index contributed by atoms with van der Waals surface area (Å²) in [5.41, 5.74) is 0.551. The zero-order valence-corrected chi connectivity index (χ0v) is 20.4. The van der Waals surface area contributed by atoms with Gasteiger partial charge < -0.3 is 10.1 Å². The van der Waals surface area contributed by atoms with Crippen LogP contribution in [0.3, 0.4) is 0 Å². The van der Waals surface area contributed by atoms with Gasteiger partial charge >= 0.3 is 6.18 Å². The summed E-state index contributed by atoms with van der Waals surface area (Å²) in [4.78, 5) is 17.2. The second-order valence-electron chi connectivity index (χ2n) is 7.85. The lowest BCUT2D eigenvalue weighted by Crippen LogP contribution is -2.33. The Kier molecular flexibility index (Phi) is 7.12. The number of aromatic nitrogens is 5. The van der Waals surface area contributed by atoms with E-state index in [1.807, 2.05) is 0 Å². The molecule has 0 aliphatic heterocycles. The first-order chi connectivity index (χ1) is 17.4. The van der Waals surface area contributed by atoms with E-state index in [-0.39, 0.29) is 38.9 Å². The molecule has 3 aromatic heterocycles. The molecular formula is C21H18ClF3N6O5S. The number of amides is 1. The van der Waals surface area contributed by atoms with Crippen LogP contribution in [0, 0.1) is 5.92 Å². The van der Waals surface area contributed by atoms with Gasteiger partial charge in [-0.1, -0.05) is 11.6 Å². The summed E-state index contributed by atoms with van der Waals surface area (Å²) in [5.74, 6) is -4.47. The number of halogens is 4. The van der Waals surface area contributed by atoms with Gasteiger partial charge in [-0.3, -0.25) is 14.0 Å². The molecule has 16 heteroatoms. The number of anilines is 1. The first-order valence-electron chi connectivity index (χ1n) is 10.4. The molecule has 4 rings (SSSR count). The van der Waals surface area contributed by atoms with Crippen molar-refractivity contribution in [3.8, 4) is 17.0 Å². The van der Waals surface area contributed by atoms with Crippen molar-refractivity contribution >= 4 is 39.0 Å². The number of nitrogens with one attached hydrogen (secondary N) is 1. The van der Waals surface area contributed by atoms with Crippen molar-refractivity contribution in [1.82, 2.24) is 24.4 Å². The number of methoxy groups -OCH3 is 1. The molecule has 196 valence electrons. The molecule has 37 heavy (non-hydrogen) atoms. The molecule has 0 bridgehead atoms. The topological polar surface area (TPSA) is 141 Å². The highest BCUT2D eigenvalue weighted by Crippen LogP contribution is 2.37. The molecular weight excluding hydrogens is 541 g/mol. The zero-order chi connectivity index (χ0) is 27.0. The second kappa shape index (κ2) is 9.99. The summed E-state index contributed by atoms with van der Waals surface area (Å²) in [6, 6.07) is 6.09. The van der Waals surface area contributed by atoms with Crippen LogP contribution in [0.4, 0.5) is 18.9 Å². The minimum atomic E-state index is -4.97. The molecule has 1 atom stereocenters. The van der Waals surface area contributed by atoms with E-state index >= 15 is 0 Å². The van der Waals surface area contributed by atoms with Crippen LogP contribution in [0.25, 0.3) is 16.9 Å². The summed E-state index contributed by atoms with van der Waals surface area (Å²) in [5, 5.41) is 11.0. The van der Waals surface area contributed by atoms with Gasteiger partial charge in [-0.15, -0.1) is 0 Å². The first-order valence-corrected chi connectivity index (χ1v) is 12.4. The SMILES string of the molecule is COc1ccc(Cl)cc1-c1nn(C[C@@H](CS(=O)(=O)O)C(F)(F)F)cc1NC(=O)c1cnn2cccnc12. The fourth-order valence-corrected chi connectivity index (χ4v) is 4.55. The number of hydrogen-bond donors (Lipinski definition) is 2. The number of carbonyl (C=O) groups is 1. The predicted molar refractivity (Wildman–Crippen MR) is 126 cm³/mol. The number of alkyl halides is 3. The Labute approximate surface area is 212 Å². The molecule has 0 radical (unpaired) electrons. The van der Waals surface area contributed by atoms with Crippen LogP contribution in [0.5, 0.6) is 5.75 Å². The standard InChI is InChI=1S/C21H18ClF3N6O5S/c1-36-17-4-3-13(22)7-14(17)18-16(28-20(32)15-8-27-31-6-2-5-26-19(15)31)10-30(29-18)9-12(21(23,24)25)11-37(33,34)35/h2-8,10,12H,9,11H2,1H3,(H,28,32)(H,33,34,35)/t12-/m0/s1. The predicted octanol–water partition coefficient (Wildman–Crippen LogP) is 3.57. The maximum Gasteiger partial charge on any atom is 0.394 e. The number of hydrogen-bond acceptors (Lipinski definition) is 7.